The molecule has 1 aromatic carbocycles. The number of hydrogen-bond acceptors (Lipinski definition) is 4. The van der Waals surface area contributed by atoms with E-state index in [-0.39, 0.29) is 10.8 Å². The molecule has 1 amide bonds. The summed E-state index contributed by atoms with van der Waals surface area (Å²) in [6, 6.07) is 6.76. The summed E-state index contributed by atoms with van der Waals surface area (Å²) in [7, 11) is -3.49. The van der Waals surface area contributed by atoms with Gasteiger partial charge in [0.2, 0.25) is 10.0 Å². The molecule has 1 N–H and O–H groups in total. The molecule has 2 aliphatic heterocycles. The third-order valence-electron chi connectivity index (χ3n) is 5.20. The van der Waals surface area contributed by atoms with Gasteiger partial charge in [-0.25, -0.2) is 8.42 Å². The lowest BCUT2D eigenvalue weighted by Gasteiger charge is -2.23. The molecular formula is C18H27N3O3S. The van der Waals surface area contributed by atoms with Crippen molar-refractivity contribution in [2.24, 2.45) is 0 Å². The van der Waals surface area contributed by atoms with Crippen molar-refractivity contribution in [3.8, 4) is 0 Å². The summed E-state index contributed by atoms with van der Waals surface area (Å²) in [6.07, 6.45) is 4.05. The number of hydrogen-bond donors (Lipinski definition) is 1. The SMILES string of the molecule is CCN1CCC[C@@H]1CNC(=O)c1cccc(S(=O)(=O)N2CCCC2)c1. The number of nitrogens with zero attached hydrogens (tertiary/aromatic N) is 2. The Hall–Kier alpha value is -1.44. The summed E-state index contributed by atoms with van der Waals surface area (Å²) in [5.41, 5.74) is 0.404. The van der Waals surface area contributed by atoms with Crippen molar-refractivity contribution >= 4 is 15.9 Å². The highest BCUT2D eigenvalue weighted by molar-refractivity contribution is 7.89. The monoisotopic (exact) mass is 365 g/mol. The molecule has 0 saturated carbocycles. The Kier molecular flexibility index (Phi) is 5.76. The van der Waals surface area contributed by atoms with Gasteiger partial charge < -0.3 is 5.32 Å². The number of carbonyl (C=O) groups excluding carboxylic acids is 1. The predicted molar refractivity (Wildman–Crippen MR) is 97.0 cm³/mol. The van der Waals surface area contributed by atoms with Crippen molar-refractivity contribution in [1.29, 1.82) is 0 Å². The molecule has 3 rings (SSSR count). The van der Waals surface area contributed by atoms with E-state index in [1.165, 1.54) is 10.4 Å². The number of rotatable bonds is 6. The Morgan fingerprint density at radius 2 is 1.96 bits per heavy atom. The molecule has 0 aromatic heterocycles. The van der Waals surface area contributed by atoms with Crippen molar-refractivity contribution in [2.45, 2.75) is 43.5 Å². The van der Waals surface area contributed by atoms with Crippen molar-refractivity contribution in [1.82, 2.24) is 14.5 Å². The Labute approximate surface area is 150 Å². The highest BCUT2D eigenvalue weighted by atomic mass is 32.2. The normalized spacial score (nSPS) is 22.4. The molecule has 0 spiro atoms. The first kappa shape index (κ1) is 18.4. The number of amides is 1. The summed E-state index contributed by atoms with van der Waals surface area (Å²) in [6.45, 7) is 5.94. The smallest absolute Gasteiger partial charge is 0.251 e. The Morgan fingerprint density at radius 3 is 2.68 bits per heavy atom. The Bertz CT molecular complexity index is 714. The summed E-state index contributed by atoms with van der Waals surface area (Å²) < 4.78 is 26.8. The van der Waals surface area contributed by atoms with Crippen LogP contribution < -0.4 is 5.32 Å². The van der Waals surface area contributed by atoms with E-state index in [2.05, 4.69) is 17.1 Å². The molecule has 1 aromatic rings. The van der Waals surface area contributed by atoms with Crippen molar-refractivity contribution in [3.05, 3.63) is 29.8 Å². The van der Waals surface area contributed by atoms with E-state index in [0.717, 1.165) is 38.8 Å². The van der Waals surface area contributed by atoms with E-state index in [0.29, 0.717) is 31.2 Å². The third kappa shape index (κ3) is 4.04. The first-order valence-corrected chi connectivity index (χ1v) is 10.6. The fourth-order valence-electron chi connectivity index (χ4n) is 3.73. The van der Waals surface area contributed by atoms with Gasteiger partial charge in [0.05, 0.1) is 4.90 Å². The first-order chi connectivity index (χ1) is 12.0. The molecule has 1 atom stereocenters. The van der Waals surface area contributed by atoms with Crippen LogP contribution in [0.25, 0.3) is 0 Å². The van der Waals surface area contributed by atoms with Crippen LogP contribution in [0.3, 0.4) is 0 Å². The van der Waals surface area contributed by atoms with E-state index in [1.807, 2.05) is 0 Å². The van der Waals surface area contributed by atoms with Gasteiger partial charge in [-0.05, 0) is 57.0 Å². The van der Waals surface area contributed by atoms with Crippen LogP contribution in [0.2, 0.25) is 0 Å². The number of likely N-dealkylation sites (N-methyl/N-ethyl adjacent to an activating group) is 1. The van der Waals surface area contributed by atoms with Crippen LogP contribution in [-0.4, -0.2) is 62.3 Å². The maximum absolute atomic E-state index is 12.6. The maximum atomic E-state index is 12.6. The molecule has 2 heterocycles. The molecule has 2 aliphatic rings. The largest absolute Gasteiger partial charge is 0.350 e. The fraction of sp³-hybridized carbons (Fsp3) is 0.611. The van der Waals surface area contributed by atoms with Crippen LogP contribution in [-0.2, 0) is 10.0 Å². The zero-order valence-electron chi connectivity index (χ0n) is 14.8. The van der Waals surface area contributed by atoms with Gasteiger partial charge in [0, 0.05) is 31.2 Å². The lowest BCUT2D eigenvalue weighted by atomic mass is 10.2. The number of sulfonamides is 1. The zero-order chi connectivity index (χ0) is 17.9. The predicted octanol–water partition coefficient (Wildman–Crippen LogP) is 1.69. The standard InChI is InChI=1S/C18H27N3O3S/c1-2-20-10-6-8-16(20)14-19-18(22)15-7-5-9-17(13-15)25(23,24)21-11-3-4-12-21/h5,7,9,13,16H,2-4,6,8,10-12,14H2,1H3,(H,19,22)/t16-/m1/s1. The minimum absolute atomic E-state index is 0.207. The Balaban J connectivity index is 1.67. The molecule has 138 valence electrons. The lowest BCUT2D eigenvalue weighted by molar-refractivity contribution is 0.0941. The molecular weight excluding hydrogens is 338 g/mol. The van der Waals surface area contributed by atoms with Crippen molar-refractivity contribution in [2.75, 3.05) is 32.7 Å². The van der Waals surface area contributed by atoms with Crippen LogP contribution in [0.4, 0.5) is 0 Å². The van der Waals surface area contributed by atoms with Crippen molar-refractivity contribution < 1.29 is 13.2 Å². The van der Waals surface area contributed by atoms with Gasteiger partial charge in [-0.15, -0.1) is 0 Å². The van der Waals surface area contributed by atoms with Crippen LogP contribution in [0.5, 0.6) is 0 Å². The number of benzene rings is 1. The van der Waals surface area contributed by atoms with E-state index in [1.54, 1.807) is 18.2 Å². The fourth-order valence-corrected chi connectivity index (χ4v) is 5.29. The average Bonchev–Trinajstić information content (AvgIpc) is 3.31. The molecule has 6 nitrogen and oxygen atoms in total. The summed E-state index contributed by atoms with van der Waals surface area (Å²) in [5, 5.41) is 2.96. The van der Waals surface area contributed by atoms with E-state index < -0.39 is 10.0 Å². The Morgan fingerprint density at radius 1 is 1.20 bits per heavy atom. The van der Waals surface area contributed by atoms with Gasteiger partial charge in [-0.1, -0.05) is 13.0 Å². The number of likely N-dealkylation sites (tertiary alicyclic amines) is 1. The van der Waals surface area contributed by atoms with Gasteiger partial charge in [0.15, 0.2) is 0 Å². The second-order valence-corrected chi connectivity index (χ2v) is 8.71. The van der Waals surface area contributed by atoms with Crippen molar-refractivity contribution in [3.63, 3.8) is 0 Å². The summed E-state index contributed by atoms with van der Waals surface area (Å²) in [5.74, 6) is -0.207. The lowest BCUT2D eigenvalue weighted by Crippen LogP contribution is -2.40. The molecule has 7 heteroatoms. The molecule has 0 aliphatic carbocycles. The molecule has 0 unspecified atom stereocenters. The minimum atomic E-state index is -3.49. The molecule has 0 radical (unpaired) electrons. The van der Waals surface area contributed by atoms with E-state index >= 15 is 0 Å². The van der Waals surface area contributed by atoms with Crippen LogP contribution >= 0.6 is 0 Å². The van der Waals surface area contributed by atoms with Crippen LogP contribution in [0, 0.1) is 0 Å². The molecule has 2 fully saturated rings. The maximum Gasteiger partial charge on any atom is 0.251 e. The van der Waals surface area contributed by atoms with Gasteiger partial charge in [-0.3, -0.25) is 9.69 Å². The van der Waals surface area contributed by atoms with Gasteiger partial charge in [-0.2, -0.15) is 4.31 Å². The van der Waals surface area contributed by atoms with Crippen LogP contribution in [0.15, 0.2) is 29.2 Å². The summed E-state index contributed by atoms with van der Waals surface area (Å²) >= 11 is 0. The van der Waals surface area contributed by atoms with Crippen LogP contribution in [0.1, 0.15) is 43.0 Å². The molecule has 2 saturated heterocycles. The average molecular weight is 365 g/mol. The first-order valence-electron chi connectivity index (χ1n) is 9.15. The third-order valence-corrected chi connectivity index (χ3v) is 7.10. The quantitative estimate of drug-likeness (QED) is 0.833. The van der Waals surface area contributed by atoms with E-state index in [4.69, 9.17) is 0 Å². The molecule has 25 heavy (non-hydrogen) atoms. The van der Waals surface area contributed by atoms with Gasteiger partial charge in [0.1, 0.15) is 0 Å². The van der Waals surface area contributed by atoms with Gasteiger partial charge in [0.25, 0.3) is 5.91 Å². The topological polar surface area (TPSA) is 69.7 Å². The van der Waals surface area contributed by atoms with Gasteiger partial charge >= 0.3 is 0 Å². The zero-order valence-corrected chi connectivity index (χ0v) is 15.6. The second-order valence-electron chi connectivity index (χ2n) is 6.77. The number of carbonyl (C=O) groups is 1. The molecule has 0 bridgehead atoms. The number of nitrogens with one attached hydrogen (secondary N) is 1. The minimum Gasteiger partial charge on any atom is -0.350 e. The van der Waals surface area contributed by atoms with E-state index in [9.17, 15) is 13.2 Å². The summed E-state index contributed by atoms with van der Waals surface area (Å²) in [4.78, 5) is 15.0. The highest BCUT2D eigenvalue weighted by Crippen LogP contribution is 2.21. The highest BCUT2D eigenvalue weighted by Gasteiger charge is 2.28. The second kappa shape index (κ2) is 7.85.